The molecule has 1 N–H and O–H groups in total. The summed E-state index contributed by atoms with van der Waals surface area (Å²) in [5, 5.41) is 1.56. The number of ether oxygens (including phenoxy) is 1. The second-order valence-electron chi connectivity index (χ2n) is 4.93. The number of sulfone groups is 1. The van der Waals surface area contributed by atoms with Gasteiger partial charge in [-0.2, -0.15) is 0 Å². The predicted octanol–water partition coefficient (Wildman–Crippen LogP) is 1.96. The Labute approximate surface area is 145 Å². The van der Waals surface area contributed by atoms with Gasteiger partial charge in [0, 0.05) is 18.9 Å². The number of hydrogen-bond acceptors (Lipinski definition) is 5. The first-order valence-corrected chi connectivity index (χ1v) is 9.17. The van der Waals surface area contributed by atoms with E-state index in [1.165, 1.54) is 25.4 Å². The van der Waals surface area contributed by atoms with Crippen LogP contribution >= 0.6 is 11.6 Å². The second kappa shape index (κ2) is 8.12. The van der Waals surface area contributed by atoms with Gasteiger partial charge in [-0.1, -0.05) is 6.07 Å². The monoisotopic (exact) mass is 368 g/mol. The normalized spacial score (nSPS) is 12.4. The van der Waals surface area contributed by atoms with Gasteiger partial charge in [0.05, 0.1) is 12.0 Å². The van der Waals surface area contributed by atoms with Crippen LogP contribution in [0.5, 0.6) is 5.75 Å². The smallest absolute Gasteiger partial charge is 0.234 e. The molecule has 0 fully saturated rings. The number of alkyl halides is 1. The standard InChI is InChI=1S/C16H17ClN2O4S/c1-23-13-4-6-14(7-5-13)24(21,22)15(11-19-16(20)9-17)12-3-2-8-18-10-12/h2-8,10,15H,9,11H2,1H3,(H,19,20)/t15-/m1/s1. The minimum atomic E-state index is -3.74. The average Bonchev–Trinajstić information content (AvgIpc) is 2.62. The summed E-state index contributed by atoms with van der Waals surface area (Å²) in [6, 6.07) is 9.40. The Morgan fingerprint density at radius 1 is 1.29 bits per heavy atom. The maximum absolute atomic E-state index is 13.0. The van der Waals surface area contributed by atoms with E-state index in [0.717, 1.165) is 0 Å². The molecule has 128 valence electrons. The van der Waals surface area contributed by atoms with Crippen molar-refractivity contribution < 1.29 is 17.9 Å². The van der Waals surface area contributed by atoms with E-state index in [-0.39, 0.29) is 17.3 Å². The molecule has 0 radical (unpaired) electrons. The number of hydrogen-bond donors (Lipinski definition) is 1. The average molecular weight is 369 g/mol. The van der Waals surface area contributed by atoms with Crippen LogP contribution in [0.2, 0.25) is 0 Å². The molecule has 1 heterocycles. The minimum absolute atomic E-state index is 0.0917. The number of aromatic nitrogens is 1. The molecule has 1 amide bonds. The fourth-order valence-corrected chi connectivity index (χ4v) is 3.90. The van der Waals surface area contributed by atoms with Gasteiger partial charge < -0.3 is 10.1 Å². The molecule has 0 aliphatic heterocycles. The molecule has 1 atom stereocenters. The molecule has 2 rings (SSSR count). The van der Waals surface area contributed by atoms with Crippen molar-refractivity contribution in [2.24, 2.45) is 0 Å². The zero-order chi connectivity index (χ0) is 17.6. The van der Waals surface area contributed by atoms with Crippen LogP contribution in [-0.2, 0) is 14.6 Å². The van der Waals surface area contributed by atoms with E-state index in [4.69, 9.17) is 16.3 Å². The highest BCUT2D eigenvalue weighted by atomic mass is 35.5. The summed E-state index contributed by atoms with van der Waals surface area (Å²) in [5.74, 6) is -0.111. The highest BCUT2D eigenvalue weighted by Gasteiger charge is 2.29. The molecule has 24 heavy (non-hydrogen) atoms. The fraction of sp³-hybridized carbons (Fsp3) is 0.250. The van der Waals surface area contributed by atoms with Gasteiger partial charge in [0.25, 0.3) is 0 Å². The van der Waals surface area contributed by atoms with Gasteiger partial charge in [0.1, 0.15) is 16.9 Å². The summed E-state index contributed by atoms with van der Waals surface area (Å²) in [4.78, 5) is 15.5. The summed E-state index contributed by atoms with van der Waals surface area (Å²) in [6.45, 7) is -0.0917. The lowest BCUT2D eigenvalue weighted by molar-refractivity contribution is -0.118. The Kier molecular flexibility index (Phi) is 6.16. The number of nitrogens with one attached hydrogen (secondary N) is 1. The van der Waals surface area contributed by atoms with Gasteiger partial charge in [-0.3, -0.25) is 9.78 Å². The summed E-state index contributed by atoms with van der Waals surface area (Å²) in [5.41, 5.74) is 0.489. The lowest BCUT2D eigenvalue weighted by atomic mass is 10.2. The fourth-order valence-electron chi connectivity index (χ4n) is 2.16. The maximum atomic E-state index is 13.0. The third-order valence-electron chi connectivity index (χ3n) is 3.42. The molecule has 0 spiro atoms. The maximum Gasteiger partial charge on any atom is 0.234 e. The Balaban J connectivity index is 2.38. The van der Waals surface area contributed by atoms with Crippen molar-refractivity contribution in [3.8, 4) is 5.75 Å². The van der Waals surface area contributed by atoms with Crippen LogP contribution in [0.4, 0.5) is 0 Å². The van der Waals surface area contributed by atoms with E-state index in [2.05, 4.69) is 10.3 Å². The van der Waals surface area contributed by atoms with E-state index in [0.29, 0.717) is 11.3 Å². The highest BCUT2D eigenvalue weighted by molar-refractivity contribution is 7.91. The van der Waals surface area contributed by atoms with Gasteiger partial charge in [0.15, 0.2) is 9.84 Å². The molecule has 0 aliphatic rings. The Hall–Kier alpha value is -2.12. The van der Waals surface area contributed by atoms with Crippen LogP contribution in [-0.4, -0.2) is 38.8 Å². The summed E-state index contributed by atoms with van der Waals surface area (Å²) in [7, 11) is -2.23. The largest absolute Gasteiger partial charge is 0.497 e. The third kappa shape index (κ3) is 4.24. The second-order valence-corrected chi connectivity index (χ2v) is 7.33. The minimum Gasteiger partial charge on any atom is -0.497 e. The number of halogens is 1. The Bertz CT molecular complexity index is 779. The van der Waals surface area contributed by atoms with Crippen molar-refractivity contribution in [2.75, 3.05) is 19.5 Å². The molecule has 0 saturated carbocycles. The Morgan fingerprint density at radius 3 is 2.54 bits per heavy atom. The van der Waals surface area contributed by atoms with E-state index in [9.17, 15) is 13.2 Å². The van der Waals surface area contributed by atoms with E-state index < -0.39 is 21.0 Å². The molecule has 2 aromatic rings. The quantitative estimate of drug-likeness (QED) is 0.755. The Morgan fingerprint density at radius 2 is 2.00 bits per heavy atom. The zero-order valence-electron chi connectivity index (χ0n) is 13.0. The SMILES string of the molecule is COc1ccc(S(=O)(=O)[C@H](CNC(=O)CCl)c2cccnc2)cc1. The van der Waals surface area contributed by atoms with Crippen molar-refractivity contribution in [1.82, 2.24) is 10.3 Å². The van der Waals surface area contributed by atoms with E-state index in [1.54, 1.807) is 30.5 Å². The van der Waals surface area contributed by atoms with Gasteiger partial charge in [-0.15, -0.1) is 11.6 Å². The van der Waals surface area contributed by atoms with Crippen LogP contribution in [0.15, 0.2) is 53.7 Å². The molecule has 0 unspecified atom stereocenters. The van der Waals surface area contributed by atoms with Crippen LogP contribution in [0, 0.1) is 0 Å². The number of carbonyl (C=O) groups excluding carboxylic acids is 1. The number of nitrogens with zero attached hydrogens (tertiary/aromatic N) is 1. The molecule has 8 heteroatoms. The van der Waals surface area contributed by atoms with Crippen molar-refractivity contribution in [1.29, 1.82) is 0 Å². The van der Waals surface area contributed by atoms with Crippen molar-refractivity contribution in [3.05, 3.63) is 54.4 Å². The molecular weight excluding hydrogens is 352 g/mol. The first kappa shape index (κ1) is 18.2. The number of carbonyl (C=O) groups is 1. The number of methoxy groups -OCH3 is 1. The zero-order valence-corrected chi connectivity index (χ0v) is 14.5. The number of rotatable bonds is 7. The van der Waals surface area contributed by atoms with Crippen LogP contribution in [0.3, 0.4) is 0 Å². The number of pyridine rings is 1. The van der Waals surface area contributed by atoms with Crippen molar-refractivity contribution in [3.63, 3.8) is 0 Å². The molecule has 1 aromatic carbocycles. The topological polar surface area (TPSA) is 85.4 Å². The van der Waals surface area contributed by atoms with Crippen molar-refractivity contribution >= 4 is 27.3 Å². The van der Waals surface area contributed by atoms with Gasteiger partial charge in [-0.05, 0) is 35.9 Å². The first-order valence-electron chi connectivity index (χ1n) is 7.09. The lowest BCUT2D eigenvalue weighted by Crippen LogP contribution is -2.32. The molecule has 0 saturated heterocycles. The molecule has 6 nitrogen and oxygen atoms in total. The number of benzene rings is 1. The van der Waals surface area contributed by atoms with Crippen molar-refractivity contribution in [2.45, 2.75) is 10.1 Å². The lowest BCUT2D eigenvalue weighted by Gasteiger charge is -2.18. The van der Waals surface area contributed by atoms with Gasteiger partial charge in [-0.25, -0.2) is 8.42 Å². The summed E-state index contributed by atoms with van der Waals surface area (Å²) < 4.78 is 31.0. The van der Waals surface area contributed by atoms with Gasteiger partial charge >= 0.3 is 0 Å². The third-order valence-corrected chi connectivity index (χ3v) is 5.78. The van der Waals surface area contributed by atoms with Crippen LogP contribution < -0.4 is 10.1 Å². The molecule has 0 bridgehead atoms. The van der Waals surface area contributed by atoms with E-state index in [1.807, 2.05) is 0 Å². The molecule has 0 aliphatic carbocycles. The van der Waals surface area contributed by atoms with E-state index >= 15 is 0 Å². The number of amides is 1. The summed E-state index contributed by atoms with van der Waals surface area (Å²) in [6.07, 6.45) is 3.02. The predicted molar refractivity (Wildman–Crippen MR) is 90.9 cm³/mol. The van der Waals surface area contributed by atoms with Gasteiger partial charge in [0.2, 0.25) is 5.91 Å². The van der Waals surface area contributed by atoms with Crippen LogP contribution in [0.25, 0.3) is 0 Å². The first-order chi connectivity index (χ1) is 11.5. The molecule has 1 aromatic heterocycles. The highest BCUT2D eigenvalue weighted by Crippen LogP contribution is 2.29. The molecular formula is C16H17ClN2O4S. The summed E-state index contributed by atoms with van der Waals surface area (Å²) >= 11 is 5.46. The van der Waals surface area contributed by atoms with Crippen LogP contribution in [0.1, 0.15) is 10.8 Å².